The molecule has 2 aliphatic rings. The molecule has 0 saturated heterocycles. The van der Waals surface area contributed by atoms with Crippen molar-refractivity contribution in [2.45, 2.75) is 70.3 Å². The Hall–Kier alpha value is -0.0800. The third-order valence-electron chi connectivity index (χ3n) is 5.16. The third-order valence-corrected chi connectivity index (χ3v) is 5.16. The van der Waals surface area contributed by atoms with Crippen molar-refractivity contribution < 1.29 is 5.11 Å². The number of nitrogens with two attached hydrogens (primary N) is 1. The monoisotopic (exact) mass is 225 g/mol. The van der Waals surface area contributed by atoms with Gasteiger partial charge in [-0.1, -0.05) is 32.6 Å². The van der Waals surface area contributed by atoms with E-state index >= 15 is 0 Å². The van der Waals surface area contributed by atoms with Crippen LogP contribution in [0.1, 0.15) is 64.7 Å². The molecule has 1 atom stereocenters. The molecule has 94 valence electrons. The van der Waals surface area contributed by atoms with Gasteiger partial charge < -0.3 is 10.8 Å². The summed E-state index contributed by atoms with van der Waals surface area (Å²) in [6.07, 6.45) is 10.8. The smallest absolute Gasteiger partial charge is 0.0741 e. The van der Waals surface area contributed by atoms with E-state index in [9.17, 15) is 5.11 Å². The van der Waals surface area contributed by atoms with E-state index in [-0.39, 0.29) is 5.41 Å². The average Bonchev–Trinajstić information content (AvgIpc) is 3.14. The molecule has 16 heavy (non-hydrogen) atoms. The maximum atomic E-state index is 11.1. The van der Waals surface area contributed by atoms with E-state index in [4.69, 9.17) is 5.73 Å². The van der Waals surface area contributed by atoms with Gasteiger partial charge >= 0.3 is 0 Å². The minimum atomic E-state index is -0.466. The fourth-order valence-electron chi connectivity index (χ4n) is 3.88. The molecule has 0 bridgehead atoms. The molecule has 0 aromatic rings. The zero-order valence-electron chi connectivity index (χ0n) is 10.7. The zero-order valence-corrected chi connectivity index (χ0v) is 10.7. The molecule has 0 spiro atoms. The Labute approximate surface area is 99.6 Å². The van der Waals surface area contributed by atoms with Crippen molar-refractivity contribution in [3.8, 4) is 0 Å². The number of hydrogen-bond acceptors (Lipinski definition) is 2. The molecule has 2 fully saturated rings. The molecule has 2 heteroatoms. The van der Waals surface area contributed by atoms with Gasteiger partial charge in [-0.3, -0.25) is 0 Å². The van der Waals surface area contributed by atoms with Crippen molar-refractivity contribution >= 4 is 0 Å². The maximum Gasteiger partial charge on any atom is 0.0741 e. The standard InChI is InChI=1S/C14H27NO/c1-2-14(16,12-7-8-12)13(11-15)9-5-3-4-6-10-13/h12,16H,2-11,15H2,1H3. The summed E-state index contributed by atoms with van der Waals surface area (Å²) < 4.78 is 0. The Kier molecular flexibility index (Phi) is 3.60. The van der Waals surface area contributed by atoms with Crippen LogP contribution in [0.3, 0.4) is 0 Å². The highest BCUT2D eigenvalue weighted by Crippen LogP contribution is 2.55. The Morgan fingerprint density at radius 3 is 2.12 bits per heavy atom. The van der Waals surface area contributed by atoms with Crippen molar-refractivity contribution in [2.24, 2.45) is 17.1 Å². The molecule has 0 aliphatic heterocycles. The van der Waals surface area contributed by atoms with E-state index in [2.05, 4.69) is 6.92 Å². The summed E-state index contributed by atoms with van der Waals surface area (Å²) in [5.74, 6) is 0.541. The summed E-state index contributed by atoms with van der Waals surface area (Å²) in [5, 5.41) is 11.1. The Morgan fingerprint density at radius 1 is 1.19 bits per heavy atom. The van der Waals surface area contributed by atoms with Crippen LogP contribution in [0, 0.1) is 11.3 Å². The lowest BCUT2D eigenvalue weighted by Crippen LogP contribution is -2.53. The summed E-state index contributed by atoms with van der Waals surface area (Å²) >= 11 is 0. The van der Waals surface area contributed by atoms with E-state index in [0.29, 0.717) is 12.5 Å². The van der Waals surface area contributed by atoms with Crippen LogP contribution < -0.4 is 5.73 Å². The third kappa shape index (κ3) is 1.91. The van der Waals surface area contributed by atoms with E-state index < -0.39 is 5.60 Å². The number of hydrogen-bond donors (Lipinski definition) is 2. The summed E-state index contributed by atoms with van der Waals surface area (Å²) in [5.41, 5.74) is 5.64. The molecule has 0 radical (unpaired) electrons. The number of rotatable bonds is 4. The molecule has 0 heterocycles. The van der Waals surface area contributed by atoms with Gasteiger partial charge in [0.2, 0.25) is 0 Å². The van der Waals surface area contributed by atoms with Gasteiger partial charge in [-0.2, -0.15) is 0 Å². The lowest BCUT2D eigenvalue weighted by Gasteiger charge is -2.47. The molecule has 1 unspecified atom stereocenters. The highest BCUT2D eigenvalue weighted by Gasteiger charge is 2.55. The topological polar surface area (TPSA) is 46.2 Å². The van der Waals surface area contributed by atoms with Crippen LogP contribution in [0.4, 0.5) is 0 Å². The van der Waals surface area contributed by atoms with E-state index in [0.717, 1.165) is 19.3 Å². The highest BCUT2D eigenvalue weighted by atomic mass is 16.3. The molecule has 0 amide bonds. The molecule has 2 rings (SSSR count). The van der Waals surface area contributed by atoms with Crippen LogP contribution in [0.25, 0.3) is 0 Å². The Morgan fingerprint density at radius 2 is 1.75 bits per heavy atom. The second-order valence-electron chi connectivity index (χ2n) is 5.95. The fraction of sp³-hybridized carbons (Fsp3) is 1.00. The maximum absolute atomic E-state index is 11.1. The van der Waals surface area contributed by atoms with Crippen LogP contribution in [0.15, 0.2) is 0 Å². The quantitative estimate of drug-likeness (QED) is 0.723. The summed E-state index contributed by atoms with van der Waals surface area (Å²) in [6.45, 7) is 2.81. The average molecular weight is 225 g/mol. The van der Waals surface area contributed by atoms with Crippen LogP contribution >= 0.6 is 0 Å². The van der Waals surface area contributed by atoms with Crippen molar-refractivity contribution in [3.05, 3.63) is 0 Å². The first kappa shape index (κ1) is 12.4. The van der Waals surface area contributed by atoms with Gasteiger partial charge in [0.1, 0.15) is 0 Å². The predicted octanol–water partition coefficient (Wildman–Crippen LogP) is 2.84. The summed E-state index contributed by atoms with van der Waals surface area (Å²) in [7, 11) is 0. The molecule has 2 aliphatic carbocycles. The van der Waals surface area contributed by atoms with Gasteiger partial charge in [-0.15, -0.1) is 0 Å². The molecule has 3 N–H and O–H groups in total. The first-order chi connectivity index (χ1) is 7.68. The van der Waals surface area contributed by atoms with Gasteiger partial charge in [0, 0.05) is 12.0 Å². The first-order valence-corrected chi connectivity index (χ1v) is 7.11. The second kappa shape index (κ2) is 4.66. The van der Waals surface area contributed by atoms with Crippen molar-refractivity contribution in [1.29, 1.82) is 0 Å². The SMILES string of the molecule is CCC(O)(C1CC1)C1(CN)CCCCCC1. The predicted molar refractivity (Wildman–Crippen MR) is 67.2 cm³/mol. The molecule has 0 aromatic carbocycles. The normalized spacial score (nSPS) is 29.4. The van der Waals surface area contributed by atoms with Crippen molar-refractivity contribution in [1.82, 2.24) is 0 Å². The molecule has 2 nitrogen and oxygen atoms in total. The van der Waals surface area contributed by atoms with E-state index in [1.807, 2.05) is 0 Å². The van der Waals surface area contributed by atoms with Crippen LogP contribution in [-0.4, -0.2) is 17.3 Å². The lowest BCUT2D eigenvalue weighted by molar-refractivity contribution is -0.109. The first-order valence-electron chi connectivity index (χ1n) is 7.11. The van der Waals surface area contributed by atoms with Gasteiger partial charge in [0.15, 0.2) is 0 Å². The molecule has 0 aromatic heterocycles. The van der Waals surface area contributed by atoms with Gasteiger partial charge in [0.25, 0.3) is 0 Å². The minimum Gasteiger partial charge on any atom is -0.389 e. The Balaban J connectivity index is 2.22. The van der Waals surface area contributed by atoms with Crippen molar-refractivity contribution in [2.75, 3.05) is 6.54 Å². The van der Waals surface area contributed by atoms with Crippen LogP contribution in [-0.2, 0) is 0 Å². The van der Waals surface area contributed by atoms with Crippen LogP contribution in [0.5, 0.6) is 0 Å². The van der Waals surface area contributed by atoms with E-state index in [1.165, 1.54) is 38.5 Å². The Bertz CT molecular complexity index is 229. The van der Waals surface area contributed by atoms with Crippen molar-refractivity contribution in [3.63, 3.8) is 0 Å². The lowest BCUT2D eigenvalue weighted by atomic mass is 9.63. The van der Waals surface area contributed by atoms with Gasteiger partial charge in [-0.05, 0) is 38.0 Å². The van der Waals surface area contributed by atoms with Gasteiger partial charge in [0.05, 0.1) is 5.60 Å². The fourth-order valence-corrected chi connectivity index (χ4v) is 3.88. The highest BCUT2D eigenvalue weighted by molar-refractivity contribution is 5.07. The van der Waals surface area contributed by atoms with E-state index in [1.54, 1.807) is 0 Å². The number of aliphatic hydroxyl groups is 1. The summed E-state index contributed by atoms with van der Waals surface area (Å²) in [6, 6.07) is 0. The minimum absolute atomic E-state index is 0.0272. The van der Waals surface area contributed by atoms with Gasteiger partial charge in [-0.25, -0.2) is 0 Å². The second-order valence-corrected chi connectivity index (χ2v) is 5.95. The van der Waals surface area contributed by atoms with Crippen LogP contribution in [0.2, 0.25) is 0 Å². The summed E-state index contributed by atoms with van der Waals surface area (Å²) in [4.78, 5) is 0. The zero-order chi connectivity index (χ0) is 11.6. The molecular weight excluding hydrogens is 198 g/mol. The molecule has 2 saturated carbocycles. The molecular formula is C14H27NO. The largest absolute Gasteiger partial charge is 0.389 e.